The van der Waals surface area contributed by atoms with Gasteiger partial charge in [0.15, 0.2) is 0 Å². The van der Waals surface area contributed by atoms with Crippen molar-refractivity contribution < 1.29 is 22.4 Å². The first-order valence-corrected chi connectivity index (χ1v) is 12.5. The number of carbonyl (C=O) groups excluding carboxylic acids is 1. The van der Waals surface area contributed by atoms with Crippen molar-refractivity contribution in [2.45, 2.75) is 30.9 Å². The van der Waals surface area contributed by atoms with Gasteiger partial charge in [-0.05, 0) is 59.6 Å². The van der Waals surface area contributed by atoms with Crippen LogP contribution in [0.15, 0.2) is 60.7 Å². The van der Waals surface area contributed by atoms with E-state index in [1.54, 1.807) is 17.0 Å². The van der Waals surface area contributed by atoms with Crippen LogP contribution in [0, 0.1) is 22.6 Å². The van der Waals surface area contributed by atoms with Crippen molar-refractivity contribution in [1.29, 1.82) is 5.26 Å². The molecule has 1 unspecified atom stereocenters. The number of urea groups is 1. The Balaban J connectivity index is 1.44. The number of nitrogens with one attached hydrogen (secondary N) is 1. The highest BCUT2D eigenvalue weighted by Crippen LogP contribution is 2.72. The van der Waals surface area contributed by atoms with Crippen molar-refractivity contribution in [2.75, 3.05) is 13.1 Å². The van der Waals surface area contributed by atoms with Crippen LogP contribution in [0.3, 0.4) is 0 Å². The molecule has 0 radical (unpaired) electrons. The summed E-state index contributed by atoms with van der Waals surface area (Å²) < 4.78 is 54.5. The maximum absolute atomic E-state index is 14.3. The van der Waals surface area contributed by atoms with Crippen molar-refractivity contribution in [1.82, 2.24) is 14.9 Å². The molecule has 10 heteroatoms. The fourth-order valence-electron chi connectivity index (χ4n) is 6.27. The number of primary amides is 1. The predicted octanol–water partition coefficient (Wildman–Crippen LogP) is 6.11. The highest BCUT2D eigenvalue weighted by Gasteiger charge is 2.70. The van der Waals surface area contributed by atoms with Crippen LogP contribution in [0.1, 0.15) is 41.8 Å². The van der Waals surface area contributed by atoms with E-state index in [0.29, 0.717) is 43.7 Å². The molecule has 1 saturated carbocycles. The molecule has 198 valence electrons. The quantitative estimate of drug-likeness (QED) is 0.311. The van der Waals surface area contributed by atoms with Crippen molar-refractivity contribution >= 4 is 17.1 Å². The second-order valence-electron chi connectivity index (χ2n) is 10.4. The van der Waals surface area contributed by atoms with Gasteiger partial charge in [0.25, 0.3) is 0 Å². The summed E-state index contributed by atoms with van der Waals surface area (Å²) >= 11 is 0. The van der Waals surface area contributed by atoms with E-state index in [9.17, 15) is 27.6 Å². The highest BCUT2D eigenvalue weighted by atomic mass is 19.4. The van der Waals surface area contributed by atoms with E-state index in [0.717, 1.165) is 28.8 Å². The fourth-order valence-corrected chi connectivity index (χ4v) is 6.27. The molecule has 1 spiro atoms. The molecule has 0 bridgehead atoms. The molecule has 3 N–H and O–H groups in total. The zero-order valence-electron chi connectivity index (χ0n) is 20.6. The van der Waals surface area contributed by atoms with E-state index in [2.05, 4.69) is 16.0 Å². The van der Waals surface area contributed by atoms with Gasteiger partial charge in [0.1, 0.15) is 11.6 Å². The molecular formula is C29H23F4N5O. The Bertz CT molecular complexity index is 1650. The summed E-state index contributed by atoms with van der Waals surface area (Å²) in [5.74, 6) is -0.894. The Morgan fingerprint density at radius 3 is 2.41 bits per heavy atom. The number of hydrogen-bond donors (Lipinski definition) is 2. The summed E-state index contributed by atoms with van der Waals surface area (Å²) in [7, 11) is 0. The van der Waals surface area contributed by atoms with Crippen molar-refractivity contribution in [2.24, 2.45) is 11.1 Å². The van der Waals surface area contributed by atoms with Gasteiger partial charge in [-0.2, -0.15) is 18.4 Å². The molecular weight excluding hydrogens is 510 g/mol. The SMILES string of the molecule is N#Cc1cccc(-c2ccc(C3(c4nc5cc(F)c(C(F)(F)F)cc5[nH]4)CC34CCN(C(N)=O)CC4)cc2)c1. The monoisotopic (exact) mass is 533 g/mol. The number of piperidine rings is 1. The highest BCUT2D eigenvalue weighted by molar-refractivity contribution is 5.77. The lowest BCUT2D eigenvalue weighted by Crippen LogP contribution is -2.43. The molecule has 2 aliphatic rings. The van der Waals surface area contributed by atoms with Crippen LogP contribution in [0.4, 0.5) is 22.4 Å². The second kappa shape index (κ2) is 8.56. The molecule has 3 aromatic carbocycles. The Morgan fingerprint density at radius 1 is 1.05 bits per heavy atom. The first-order chi connectivity index (χ1) is 18.6. The molecule has 6 nitrogen and oxygen atoms in total. The van der Waals surface area contributed by atoms with Crippen LogP contribution in [0.2, 0.25) is 0 Å². The number of hydrogen-bond acceptors (Lipinski definition) is 3. The van der Waals surface area contributed by atoms with Gasteiger partial charge in [-0.15, -0.1) is 0 Å². The number of rotatable bonds is 3. The minimum atomic E-state index is -4.83. The summed E-state index contributed by atoms with van der Waals surface area (Å²) in [5.41, 5.74) is 6.69. The third-order valence-corrected chi connectivity index (χ3v) is 8.40. The van der Waals surface area contributed by atoms with Gasteiger partial charge >= 0.3 is 12.2 Å². The van der Waals surface area contributed by atoms with Crippen LogP contribution in [0.5, 0.6) is 0 Å². The van der Waals surface area contributed by atoms with Gasteiger partial charge in [0.05, 0.1) is 33.6 Å². The molecule has 6 rings (SSSR count). The maximum atomic E-state index is 14.3. The van der Waals surface area contributed by atoms with Gasteiger partial charge < -0.3 is 15.6 Å². The maximum Gasteiger partial charge on any atom is 0.419 e. The van der Waals surface area contributed by atoms with Crippen LogP contribution >= 0.6 is 0 Å². The molecule has 1 aliphatic heterocycles. The number of nitrogens with zero attached hydrogens (tertiary/aromatic N) is 3. The average Bonchev–Trinajstić information content (AvgIpc) is 3.36. The number of alkyl halides is 3. The van der Waals surface area contributed by atoms with Crippen molar-refractivity contribution in [3.63, 3.8) is 0 Å². The first-order valence-electron chi connectivity index (χ1n) is 12.5. The van der Waals surface area contributed by atoms with E-state index in [1.165, 1.54) is 0 Å². The normalized spacial score (nSPS) is 20.2. The zero-order chi connectivity index (χ0) is 27.6. The standard InChI is InChI=1S/C29H23F4N5O/c30-22-14-24-23(13-21(22)29(31,32)33)36-25(37-24)28(16-27(28)8-10-38(11-9-27)26(35)39)20-6-4-18(5-7-20)19-3-1-2-17(12-19)15-34/h1-7,12-14H,8-11,16H2,(H2,35,39)(H,36,37). The lowest BCUT2D eigenvalue weighted by Gasteiger charge is -2.34. The molecule has 2 heterocycles. The molecule has 1 aliphatic carbocycles. The summed E-state index contributed by atoms with van der Waals surface area (Å²) in [5, 5.41) is 9.25. The molecule has 1 atom stereocenters. The van der Waals surface area contributed by atoms with Gasteiger partial charge in [-0.1, -0.05) is 36.4 Å². The van der Waals surface area contributed by atoms with E-state index < -0.39 is 29.0 Å². The summed E-state index contributed by atoms with van der Waals surface area (Å²) in [6.45, 7) is 0.923. The fraction of sp³-hybridized carbons (Fsp3) is 0.276. The van der Waals surface area contributed by atoms with E-state index >= 15 is 0 Å². The number of H-pyrrole nitrogens is 1. The molecule has 1 saturated heterocycles. The Hall–Kier alpha value is -4.39. The van der Waals surface area contributed by atoms with Crippen LogP contribution < -0.4 is 5.73 Å². The van der Waals surface area contributed by atoms with Gasteiger partial charge in [-0.3, -0.25) is 0 Å². The van der Waals surface area contributed by atoms with Crippen molar-refractivity contribution in [3.8, 4) is 17.2 Å². The van der Waals surface area contributed by atoms with Crippen molar-refractivity contribution in [3.05, 3.63) is 89.0 Å². The molecule has 2 amide bonds. The minimum absolute atomic E-state index is 0.111. The van der Waals surface area contributed by atoms with E-state index in [-0.39, 0.29) is 16.4 Å². The number of aromatic amines is 1. The minimum Gasteiger partial charge on any atom is -0.351 e. The molecule has 2 fully saturated rings. The Morgan fingerprint density at radius 2 is 1.77 bits per heavy atom. The van der Waals surface area contributed by atoms with Crippen LogP contribution in [-0.4, -0.2) is 34.0 Å². The number of benzene rings is 3. The van der Waals surface area contributed by atoms with E-state index in [4.69, 9.17) is 5.73 Å². The third-order valence-electron chi connectivity index (χ3n) is 8.40. The zero-order valence-corrected chi connectivity index (χ0v) is 20.6. The van der Waals surface area contributed by atoms with Gasteiger partial charge in [0.2, 0.25) is 0 Å². The second-order valence-corrected chi connectivity index (χ2v) is 10.4. The van der Waals surface area contributed by atoms with Gasteiger partial charge in [0, 0.05) is 19.2 Å². The average molecular weight is 534 g/mol. The number of likely N-dealkylation sites (tertiary alicyclic amines) is 1. The lowest BCUT2D eigenvalue weighted by molar-refractivity contribution is -0.139. The number of halogens is 4. The largest absolute Gasteiger partial charge is 0.419 e. The Labute approximate surface area is 221 Å². The Kier molecular flexibility index (Phi) is 5.47. The number of nitrogens with two attached hydrogens (primary N) is 1. The lowest BCUT2D eigenvalue weighted by atomic mass is 9.79. The third kappa shape index (κ3) is 3.92. The molecule has 39 heavy (non-hydrogen) atoms. The summed E-state index contributed by atoms with van der Waals surface area (Å²) in [6.07, 6.45) is -2.88. The number of aromatic nitrogens is 2. The predicted molar refractivity (Wildman–Crippen MR) is 136 cm³/mol. The topological polar surface area (TPSA) is 98.8 Å². The van der Waals surface area contributed by atoms with Crippen LogP contribution in [-0.2, 0) is 11.6 Å². The first kappa shape index (κ1) is 24.9. The number of fused-ring (bicyclic) bond motifs is 1. The van der Waals surface area contributed by atoms with Gasteiger partial charge in [-0.25, -0.2) is 14.2 Å². The summed E-state index contributed by atoms with van der Waals surface area (Å²) in [4.78, 5) is 21.0. The summed E-state index contributed by atoms with van der Waals surface area (Å²) in [6, 6.07) is 18.3. The molecule has 1 aromatic heterocycles. The molecule has 4 aromatic rings. The number of carbonyl (C=O) groups is 1. The number of imidazole rings is 1. The number of amides is 2. The van der Waals surface area contributed by atoms with Crippen LogP contribution in [0.25, 0.3) is 22.2 Å². The smallest absolute Gasteiger partial charge is 0.351 e. The number of nitriles is 1. The van der Waals surface area contributed by atoms with E-state index in [1.807, 2.05) is 36.4 Å².